The third-order valence-corrected chi connectivity index (χ3v) is 4.19. The smallest absolute Gasteiger partial charge is 0.243 e. The molecule has 1 aliphatic rings. The van der Waals surface area contributed by atoms with Crippen molar-refractivity contribution in [2.45, 2.75) is 25.7 Å². The number of methoxy groups -OCH3 is 1. The maximum Gasteiger partial charge on any atom is 0.243 e. The first kappa shape index (κ1) is 15.4. The number of benzene rings is 2. The van der Waals surface area contributed by atoms with Crippen molar-refractivity contribution < 1.29 is 9.53 Å². The fourth-order valence-corrected chi connectivity index (χ4v) is 3.03. The molecule has 0 aromatic heterocycles. The Labute approximate surface area is 136 Å². The molecule has 0 heterocycles. The van der Waals surface area contributed by atoms with Gasteiger partial charge >= 0.3 is 0 Å². The molecular weight excluding hydrogens is 288 g/mol. The van der Waals surface area contributed by atoms with Crippen LogP contribution in [0, 0.1) is 0 Å². The Morgan fingerprint density at radius 3 is 2.83 bits per heavy atom. The molecule has 2 aromatic carbocycles. The van der Waals surface area contributed by atoms with Gasteiger partial charge in [-0.2, -0.15) is 0 Å². The first-order valence-electron chi connectivity index (χ1n) is 8.05. The third kappa shape index (κ3) is 3.83. The highest BCUT2D eigenvalue weighted by Gasteiger charge is 2.13. The third-order valence-electron chi connectivity index (χ3n) is 4.19. The Morgan fingerprint density at radius 1 is 1.13 bits per heavy atom. The summed E-state index contributed by atoms with van der Waals surface area (Å²) in [6.45, 7) is 0.258. The van der Waals surface area contributed by atoms with Gasteiger partial charge in [0.05, 0.1) is 13.7 Å². The second kappa shape index (κ2) is 7.18. The second-order valence-electron chi connectivity index (χ2n) is 5.78. The van der Waals surface area contributed by atoms with Gasteiger partial charge in [-0.25, -0.2) is 0 Å². The van der Waals surface area contributed by atoms with Crippen molar-refractivity contribution in [3.63, 3.8) is 0 Å². The number of anilines is 2. The Hall–Kier alpha value is -2.49. The number of carbonyl (C=O) groups excluding carboxylic acids is 1. The highest BCUT2D eigenvalue weighted by Crippen LogP contribution is 2.27. The lowest BCUT2D eigenvalue weighted by Gasteiger charge is -2.20. The number of hydrogen-bond acceptors (Lipinski definition) is 3. The van der Waals surface area contributed by atoms with E-state index in [4.69, 9.17) is 4.74 Å². The molecule has 4 heteroatoms. The predicted molar refractivity (Wildman–Crippen MR) is 93.2 cm³/mol. The number of aryl methyl sites for hydroxylation is 1. The van der Waals surface area contributed by atoms with Crippen LogP contribution in [0.3, 0.4) is 0 Å². The molecule has 3 rings (SSSR count). The van der Waals surface area contributed by atoms with Crippen molar-refractivity contribution in [2.24, 2.45) is 0 Å². The van der Waals surface area contributed by atoms with Gasteiger partial charge in [0, 0.05) is 17.4 Å². The zero-order chi connectivity index (χ0) is 16.1. The number of nitrogens with one attached hydrogen (secondary N) is 2. The Kier molecular flexibility index (Phi) is 4.81. The van der Waals surface area contributed by atoms with E-state index < -0.39 is 0 Å². The van der Waals surface area contributed by atoms with Crippen LogP contribution < -0.4 is 15.4 Å². The maximum atomic E-state index is 12.1. The normalized spacial score (nSPS) is 13.1. The van der Waals surface area contributed by atoms with Gasteiger partial charge in [0.25, 0.3) is 0 Å². The summed E-state index contributed by atoms with van der Waals surface area (Å²) in [7, 11) is 1.61. The molecule has 0 aliphatic heterocycles. The number of ether oxygens (including phenoxy) is 1. The Morgan fingerprint density at radius 2 is 1.96 bits per heavy atom. The van der Waals surface area contributed by atoms with Crippen LogP contribution >= 0.6 is 0 Å². The first-order chi connectivity index (χ1) is 11.3. The molecule has 0 bridgehead atoms. The summed E-state index contributed by atoms with van der Waals surface area (Å²) in [5.74, 6) is 0.666. The highest BCUT2D eigenvalue weighted by atomic mass is 16.5. The first-order valence-corrected chi connectivity index (χ1v) is 8.05. The number of fused-ring (bicyclic) bond motifs is 1. The minimum absolute atomic E-state index is 0.0633. The van der Waals surface area contributed by atoms with Gasteiger partial charge < -0.3 is 15.4 Å². The Bertz CT molecular complexity index is 698. The van der Waals surface area contributed by atoms with Crippen molar-refractivity contribution in [1.29, 1.82) is 0 Å². The van der Waals surface area contributed by atoms with Crippen molar-refractivity contribution >= 4 is 17.3 Å². The summed E-state index contributed by atoms with van der Waals surface area (Å²) < 4.78 is 5.16. The van der Waals surface area contributed by atoms with E-state index >= 15 is 0 Å². The van der Waals surface area contributed by atoms with E-state index in [1.54, 1.807) is 7.11 Å². The molecule has 1 amide bonds. The molecule has 1 aliphatic carbocycles. The number of hydrogen-bond donors (Lipinski definition) is 2. The zero-order valence-electron chi connectivity index (χ0n) is 13.4. The van der Waals surface area contributed by atoms with Crippen LogP contribution in [0.2, 0.25) is 0 Å². The molecular formula is C19H22N2O2. The van der Waals surface area contributed by atoms with Gasteiger partial charge in [0.15, 0.2) is 0 Å². The van der Waals surface area contributed by atoms with Crippen LogP contribution in [-0.4, -0.2) is 19.6 Å². The fourth-order valence-electron chi connectivity index (χ4n) is 3.03. The van der Waals surface area contributed by atoms with E-state index in [1.807, 2.05) is 24.3 Å². The molecule has 2 aromatic rings. The molecule has 4 nitrogen and oxygen atoms in total. The van der Waals surface area contributed by atoms with Crippen LogP contribution in [-0.2, 0) is 17.6 Å². The van der Waals surface area contributed by atoms with E-state index in [-0.39, 0.29) is 12.5 Å². The molecule has 0 radical (unpaired) electrons. The van der Waals surface area contributed by atoms with E-state index in [9.17, 15) is 4.79 Å². The number of carbonyl (C=O) groups is 1. The highest BCUT2D eigenvalue weighted by molar-refractivity contribution is 5.94. The fraction of sp³-hybridized carbons (Fsp3) is 0.316. The monoisotopic (exact) mass is 310 g/mol. The minimum atomic E-state index is -0.0633. The average Bonchev–Trinajstić information content (AvgIpc) is 2.60. The lowest BCUT2D eigenvalue weighted by molar-refractivity contribution is -0.114. The Balaban J connectivity index is 1.61. The topological polar surface area (TPSA) is 50.4 Å². The standard InChI is InChI=1S/C19H22N2O2/c1-23-16-9-5-8-15(12-16)21-19(22)13-20-18-11-4-7-14-6-2-3-10-17(14)18/h4-5,7-9,11-12,20H,2-3,6,10,13H2,1H3,(H,21,22). The van der Waals surface area contributed by atoms with Gasteiger partial charge in [-0.15, -0.1) is 0 Å². The molecule has 0 spiro atoms. The summed E-state index contributed by atoms with van der Waals surface area (Å²) in [6.07, 6.45) is 4.71. The summed E-state index contributed by atoms with van der Waals surface area (Å²) >= 11 is 0. The van der Waals surface area contributed by atoms with Crippen molar-refractivity contribution in [2.75, 3.05) is 24.3 Å². The molecule has 2 N–H and O–H groups in total. The van der Waals surface area contributed by atoms with Gasteiger partial charge in [0.2, 0.25) is 5.91 Å². The maximum absolute atomic E-state index is 12.1. The average molecular weight is 310 g/mol. The quantitative estimate of drug-likeness (QED) is 0.887. The molecule has 0 unspecified atom stereocenters. The molecule has 0 fully saturated rings. The lowest BCUT2D eigenvalue weighted by atomic mass is 9.90. The summed E-state index contributed by atoms with van der Waals surface area (Å²) in [6, 6.07) is 13.7. The van der Waals surface area contributed by atoms with Crippen molar-refractivity contribution in [3.8, 4) is 5.75 Å². The van der Waals surface area contributed by atoms with E-state index in [0.29, 0.717) is 0 Å². The van der Waals surface area contributed by atoms with Crippen LogP contribution in [0.25, 0.3) is 0 Å². The second-order valence-corrected chi connectivity index (χ2v) is 5.78. The molecule has 0 saturated carbocycles. The predicted octanol–water partition coefficient (Wildman–Crippen LogP) is 3.62. The van der Waals surface area contributed by atoms with E-state index in [1.165, 1.54) is 24.0 Å². The van der Waals surface area contributed by atoms with Crippen molar-refractivity contribution in [1.82, 2.24) is 0 Å². The van der Waals surface area contributed by atoms with Crippen LogP contribution in [0.15, 0.2) is 42.5 Å². The van der Waals surface area contributed by atoms with Crippen LogP contribution in [0.4, 0.5) is 11.4 Å². The molecule has 0 saturated heterocycles. The number of amides is 1. The zero-order valence-corrected chi connectivity index (χ0v) is 13.4. The minimum Gasteiger partial charge on any atom is -0.497 e. The van der Waals surface area contributed by atoms with Crippen molar-refractivity contribution in [3.05, 3.63) is 53.6 Å². The molecule has 0 atom stereocenters. The lowest BCUT2D eigenvalue weighted by Crippen LogP contribution is -2.22. The number of rotatable bonds is 5. The molecule has 23 heavy (non-hydrogen) atoms. The van der Waals surface area contributed by atoms with E-state index in [0.717, 1.165) is 30.0 Å². The van der Waals surface area contributed by atoms with E-state index in [2.05, 4.69) is 28.8 Å². The van der Waals surface area contributed by atoms with Gasteiger partial charge in [0.1, 0.15) is 5.75 Å². The van der Waals surface area contributed by atoms with Crippen LogP contribution in [0.5, 0.6) is 5.75 Å². The molecule has 120 valence electrons. The van der Waals surface area contributed by atoms with Gasteiger partial charge in [-0.1, -0.05) is 18.2 Å². The SMILES string of the molecule is COc1cccc(NC(=O)CNc2cccc3c2CCCC3)c1. The van der Waals surface area contributed by atoms with Crippen LogP contribution in [0.1, 0.15) is 24.0 Å². The summed E-state index contributed by atoms with van der Waals surface area (Å²) in [4.78, 5) is 12.1. The summed E-state index contributed by atoms with van der Waals surface area (Å²) in [5.41, 5.74) is 4.61. The largest absolute Gasteiger partial charge is 0.497 e. The van der Waals surface area contributed by atoms with Gasteiger partial charge in [-0.05, 0) is 55.0 Å². The van der Waals surface area contributed by atoms with Gasteiger partial charge in [-0.3, -0.25) is 4.79 Å². The summed E-state index contributed by atoms with van der Waals surface area (Å²) in [5, 5.41) is 6.16.